The number of aromatic nitrogens is 2. The maximum Gasteiger partial charge on any atom is 0.389 e. The van der Waals surface area contributed by atoms with E-state index in [0.717, 1.165) is 72.4 Å². The first-order valence-electron chi connectivity index (χ1n) is 20.1. The molecule has 1 atom stereocenters. The van der Waals surface area contributed by atoms with Crippen LogP contribution in [0.5, 0.6) is 0 Å². The molecule has 2 heterocycles. The van der Waals surface area contributed by atoms with Crippen molar-refractivity contribution >= 4 is 27.3 Å². The summed E-state index contributed by atoms with van der Waals surface area (Å²) in [6.07, 6.45) is -3.06. The molecular formula is C47H49F3IrN2O2-2. The second-order valence-electron chi connectivity index (χ2n) is 13.4. The number of aliphatic hydroxyl groups is 1. The fourth-order valence-electron chi connectivity index (χ4n) is 6.27. The first-order chi connectivity index (χ1) is 27.4. The minimum absolute atomic E-state index is 0. The molecule has 6 rings (SSSR count). The van der Waals surface area contributed by atoms with Crippen LogP contribution in [0.25, 0.3) is 44.1 Å². The number of carbonyl (C=O) groups excluding carboxylic acids is 1. The molecule has 0 saturated heterocycles. The maximum atomic E-state index is 12.3. The minimum Gasteiger partial charge on any atom is -0.512 e. The average molecular weight is 927 g/mol. The molecule has 1 radical (unpaired) electrons. The molecule has 2 aromatic heterocycles. The van der Waals surface area contributed by atoms with Crippen molar-refractivity contribution < 1.29 is 48.7 Å². The van der Waals surface area contributed by atoms with E-state index in [-0.39, 0.29) is 62.7 Å². The van der Waals surface area contributed by atoms with Gasteiger partial charge in [-0.15, -0.1) is 69.8 Å². The Kier molecular flexibility index (Phi) is 14.7. The van der Waals surface area contributed by atoms with Gasteiger partial charge in [0.15, 0.2) is 5.78 Å². The predicted molar refractivity (Wildman–Crippen MR) is 215 cm³/mol. The van der Waals surface area contributed by atoms with E-state index in [4.69, 9.17) is 5.48 Å². The summed E-state index contributed by atoms with van der Waals surface area (Å²) >= 11 is 0. The zero-order valence-corrected chi connectivity index (χ0v) is 34.6. The Labute approximate surface area is 342 Å². The zero-order chi connectivity index (χ0) is 42.9. The average Bonchev–Trinajstić information content (AvgIpc) is 3.16. The molecule has 4 aromatic carbocycles. The molecule has 4 nitrogen and oxygen atoms in total. The fourth-order valence-corrected chi connectivity index (χ4v) is 6.27. The Morgan fingerprint density at radius 1 is 0.745 bits per heavy atom. The predicted octanol–water partition coefficient (Wildman–Crippen LogP) is 13.0. The van der Waals surface area contributed by atoms with E-state index in [2.05, 4.69) is 34.2 Å². The van der Waals surface area contributed by atoms with Gasteiger partial charge in [0.05, 0.1) is 17.7 Å². The Morgan fingerprint density at radius 2 is 1.16 bits per heavy atom. The number of rotatable bonds is 9. The van der Waals surface area contributed by atoms with E-state index in [1.54, 1.807) is 6.92 Å². The molecule has 0 aliphatic heterocycles. The second kappa shape index (κ2) is 20.9. The SMILES string of the molecule is CCC(CC)C(=O)/C=C(\O)C(CC)CC(F)(F)F.[2H]c1nc(-c2[c-]c(C)cc(C)c2)c2ccccc2c1[2H].[2H]c1nc(-c2[c-]c(C)cc(C)c2)c2ccccc2c1[2H].[Ir]. The van der Waals surface area contributed by atoms with Crippen LogP contribution in [-0.4, -0.2) is 27.0 Å². The van der Waals surface area contributed by atoms with Crippen molar-refractivity contribution in [3.8, 4) is 22.5 Å². The summed E-state index contributed by atoms with van der Waals surface area (Å²) in [5.41, 5.74) is 7.60. The summed E-state index contributed by atoms with van der Waals surface area (Å²) in [7, 11) is 0. The summed E-state index contributed by atoms with van der Waals surface area (Å²) in [5.74, 6) is -2.00. The van der Waals surface area contributed by atoms with E-state index in [1.165, 1.54) is 0 Å². The van der Waals surface area contributed by atoms with Crippen molar-refractivity contribution in [3.63, 3.8) is 0 Å². The molecule has 0 saturated carbocycles. The van der Waals surface area contributed by atoms with Crippen molar-refractivity contribution in [2.45, 2.75) is 80.3 Å². The number of halogens is 3. The van der Waals surface area contributed by atoms with Gasteiger partial charge in [-0.05, 0) is 64.3 Å². The van der Waals surface area contributed by atoms with Gasteiger partial charge in [-0.2, -0.15) is 13.2 Å². The van der Waals surface area contributed by atoms with Gasteiger partial charge in [0.2, 0.25) is 0 Å². The number of fused-ring (bicyclic) bond motifs is 2. The number of allylic oxidation sites excluding steroid dienone is 2. The van der Waals surface area contributed by atoms with Gasteiger partial charge >= 0.3 is 6.18 Å². The van der Waals surface area contributed by atoms with Gasteiger partial charge in [0, 0.05) is 50.4 Å². The number of aryl methyl sites for hydroxylation is 4. The third kappa shape index (κ3) is 13.0. The molecule has 1 unspecified atom stereocenters. The normalized spacial score (nSPS) is 13.0. The van der Waals surface area contributed by atoms with Crippen molar-refractivity contribution in [1.82, 2.24) is 9.97 Å². The van der Waals surface area contributed by atoms with Crippen LogP contribution >= 0.6 is 0 Å². The van der Waals surface area contributed by atoms with E-state index >= 15 is 0 Å². The maximum absolute atomic E-state index is 12.3. The van der Waals surface area contributed by atoms with Crippen molar-refractivity contribution in [2.24, 2.45) is 11.8 Å². The number of pyridine rings is 2. The Balaban J connectivity index is 0.000000235. The second-order valence-corrected chi connectivity index (χ2v) is 13.4. The zero-order valence-electron chi connectivity index (χ0n) is 36.2. The fraction of sp³-hybridized carbons (Fsp3) is 0.298. The summed E-state index contributed by atoms with van der Waals surface area (Å²) in [6.45, 7) is 13.3. The molecule has 6 aromatic rings. The van der Waals surface area contributed by atoms with Crippen LogP contribution in [-0.2, 0) is 24.9 Å². The third-order valence-electron chi connectivity index (χ3n) is 8.95. The number of aliphatic hydroxyl groups excluding tert-OH is 1. The van der Waals surface area contributed by atoms with Crippen LogP contribution in [0.2, 0.25) is 0 Å². The van der Waals surface area contributed by atoms with Crippen LogP contribution in [0, 0.1) is 51.7 Å². The topological polar surface area (TPSA) is 63.1 Å². The number of carbonyl (C=O) groups is 1. The molecule has 0 spiro atoms. The smallest absolute Gasteiger partial charge is 0.389 e. The van der Waals surface area contributed by atoms with E-state index in [0.29, 0.717) is 12.8 Å². The molecular weight excluding hydrogens is 874 g/mol. The first-order valence-corrected chi connectivity index (χ1v) is 18.1. The van der Waals surface area contributed by atoms with Crippen molar-refractivity contribution in [3.05, 3.63) is 143 Å². The van der Waals surface area contributed by atoms with E-state index in [9.17, 15) is 23.1 Å². The van der Waals surface area contributed by atoms with E-state index < -0.39 is 24.3 Å². The summed E-state index contributed by atoms with van der Waals surface area (Å²) in [5, 5.41) is 12.9. The molecule has 0 fully saturated rings. The van der Waals surface area contributed by atoms with Gasteiger partial charge in [0.25, 0.3) is 0 Å². The number of benzene rings is 4. The van der Waals surface area contributed by atoms with Gasteiger partial charge in [-0.3, -0.25) is 4.79 Å². The molecule has 291 valence electrons. The minimum atomic E-state index is -4.33. The Hall–Kier alpha value is -4.65. The van der Waals surface area contributed by atoms with Crippen LogP contribution in [0.4, 0.5) is 13.2 Å². The van der Waals surface area contributed by atoms with Gasteiger partial charge in [-0.1, -0.05) is 97.0 Å². The number of hydrogen-bond donors (Lipinski definition) is 1. The van der Waals surface area contributed by atoms with Gasteiger partial charge in [0.1, 0.15) is 0 Å². The molecule has 8 heteroatoms. The van der Waals surface area contributed by atoms with Crippen LogP contribution in [0.3, 0.4) is 0 Å². The van der Waals surface area contributed by atoms with Crippen LogP contribution in [0.15, 0.2) is 109 Å². The summed E-state index contributed by atoms with van der Waals surface area (Å²) < 4.78 is 68.5. The molecule has 0 bridgehead atoms. The Bertz CT molecular complexity index is 2260. The molecule has 1 N–H and O–H groups in total. The third-order valence-corrected chi connectivity index (χ3v) is 8.95. The first kappa shape index (κ1) is 38.6. The van der Waals surface area contributed by atoms with E-state index in [1.807, 2.05) is 102 Å². The number of ketones is 1. The molecule has 0 aliphatic rings. The summed E-state index contributed by atoms with van der Waals surface area (Å²) in [4.78, 5) is 20.3. The largest absolute Gasteiger partial charge is 0.512 e. The molecule has 55 heavy (non-hydrogen) atoms. The van der Waals surface area contributed by atoms with Crippen molar-refractivity contribution in [1.29, 1.82) is 0 Å². The van der Waals surface area contributed by atoms with Crippen LogP contribution < -0.4 is 0 Å². The number of nitrogens with zero attached hydrogens (tertiary/aromatic N) is 2. The van der Waals surface area contributed by atoms with Gasteiger partial charge < -0.3 is 15.1 Å². The van der Waals surface area contributed by atoms with Crippen molar-refractivity contribution in [2.75, 3.05) is 0 Å². The molecule has 0 aliphatic carbocycles. The number of hydrogen-bond acceptors (Lipinski definition) is 4. The Morgan fingerprint density at radius 3 is 1.55 bits per heavy atom. The molecule has 0 amide bonds. The number of alkyl halides is 3. The summed E-state index contributed by atoms with van der Waals surface area (Å²) in [6, 6.07) is 30.3. The standard InChI is InChI=1S/2C17H14N.C13H21F3O2.Ir/c2*1-12-9-13(2)11-15(10-12)17-16-6-4-3-5-14(16)7-8-18-17;1-4-9(5-2)11(17)7-12(18)10(6-3)8-13(14,15)16;/h2*3-10H,1-2H3;7,9-10,18H,4-6,8H2,1-3H3;/q2*-1;;/b;;12-7-;/i2*7D,8D;;. The quantitative estimate of drug-likeness (QED) is 0.0891. The van der Waals surface area contributed by atoms with Gasteiger partial charge in [-0.25, -0.2) is 0 Å². The monoisotopic (exact) mass is 927 g/mol. The van der Waals surface area contributed by atoms with Crippen LogP contribution in [0.1, 0.15) is 74.2 Å².